The predicted octanol–water partition coefficient (Wildman–Crippen LogP) is 4.31. The molecule has 9 heteroatoms. The molecule has 0 aliphatic rings. The van der Waals surface area contributed by atoms with Crippen molar-refractivity contribution in [2.45, 2.75) is 18.5 Å². The zero-order valence-corrected chi connectivity index (χ0v) is 19.1. The number of amides is 1. The Balaban J connectivity index is 1.40. The minimum atomic E-state index is -0.175. The number of hydrogen-bond acceptors (Lipinski definition) is 8. The van der Waals surface area contributed by atoms with Gasteiger partial charge >= 0.3 is 0 Å². The van der Waals surface area contributed by atoms with E-state index in [0.717, 1.165) is 26.6 Å². The van der Waals surface area contributed by atoms with Crippen molar-refractivity contribution < 1.29 is 14.3 Å². The van der Waals surface area contributed by atoms with Crippen LogP contribution in [0, 0.1) is 6.92 Å². The van der Waals surface area contributed by atoms with Crippen LogP contribution in [0.5, 0.6) is 5.75 Å². The maximum Gasteiger partial charge on any atom is 0.251 e. The van der Waals surface area contributed by atoms with E-state index in [2.05, 4.69) is 20.3 Å². The van der Waals surface area contributed by atoms with E-state index in [4.69, 9.17) is 4.74 Å². The summed E-state index contributed by atoms with van der Waals surface area (Å²) in [7, 11) is 1.61. The number of Topliss-reactive ketones (excluding diaryl/α,β-unsaturated/α-hetero) is 1. The zero-order chi connectivity index (χ0) is 22.5. The predicted molar refractivity (Wildman–Crippen MR) is 126 cm³/mol. The number of rotatable bonds is 8. The number of thioether (sulfide) groups is 1. The Hall–Kier alpha value is -3.30. The number of thiophene rings is 1. The van der Waals surface area contributed by atoms with Crippen LogP contribution in [0.15, 0.2) is 59.9 Å². The molecule has 0 aliphatic heterocycles. The van der Waals surface area contributed by atoms with E-state index in [-0.39, 0.29) is 17.4 Å². The number of hydrogen-bond donors (Lipinski definition) is 1. The molecule has 4 aromatic rings. The number of ketones is 1. The van der Waals surface area contributed by atoms with Crippen molar-refractivity contribution in [2.75, 3.05) is 12.9 Å². The molecule has 1 amide bonds. The summed E-state index contributed by atoms with van der Waals surface area (Å²) in [5.74, 6) is 1.46. The number of fused-ring (bicyclic) bond motifs is 1. The van der Waals surface area contributed by atoms with Crippen molar-refractivity contribution in [1.29, 1.82) is 0 Å². The molecule has 0 saturated heterocycles. The summed E-state index contributed by atoms with van der Waals surface area (Å²) in [6.07, 6.45) is 3.15. The standard InChI is InChI=1S/C23H20N4O3S2/c1-14-26-19-5-3-16(30-2)11-18(19)23(27-14)31-13-20(28)21-6-4-17(32-21)12-25-22(29)15-7-9-24-10-8-15/h3-11H,12-13H2,1-2H3,(H,25,29). The molecule has 1 aromatic carbocycles. The van der Waals surface area contributed by atoms with Gasteiger partial charge in [0.05, 0.1) is 29.8 Å². The fourth-order valence-corrected chi connectivity index (χ4v) is 4.94. The zero-order valence-electron chi connectivity index (χ0n) is 17.5. The smallest absolute Gasteiger partial charge is 0.251 e. The lowest BCUT2D eigenvalue weighted by Gasteiger charge is -2.08. The molecule has 162 valence electrons. The molecule has 32 heavy (non-hydrogen) atoms. The van der Waals surface area contributed by atoms with Crippen LogP contribution >= 0.6 is 23.1 Å². The normalized spacial score (nSPS) is 10.8. The van der Waals surface area contributed by atoms with Crippen LogP contribution in [-0.4, -0.2) is 39.5 Å². The van der Waals surface area contributed by atoms with Crippen LogP contribution < -0.4 is 10.1 Å². The minimum absolute atomic E-state index is 0.0130. The molecular weight excluding hydrogens is 444 g/mol. The second-order valence-electron chi connectivity index (χ2n) is 6.86. The fourth-order valence-electron chi connectivity index (χ4n) is 3.03. The lowest BCUT2D eigenvalue weighted by molar-refractivity contribution is 0.0950. The molecule has 7 nitrogen and oxygen atoms in total. The van der Waals surface area contributed by atoms with E-state index in [9.17, 15) is 9.59 Å². The summed E-state index contributed by atoms with van der Waals surface area (Å²) in [5, 5.41) is 4.47. The molecule has 1 N–H and O–H groups in total. The molecule has 0 aliphatic carbocycles. The largest absolute Gasteiger partial charge is 0.497 e. The molecule has 0 bridgehead atoms. The first kappa shape index (κ1) is 21.9. The van der Waals surface area contributed by atoms with Gasteiger partial charge in [0, 0.05) is 28.2 Å². The Labute approximate surface area is 193 Å². The summed E-state index contributed by atoms with van der Waals surface area (Å²) in [6, 6.07) is 12.6. The Kier molecular flexibility index (Phi) is 6.77. The minimum Gasteiger partial charge on any atom is -0.497 e. The fraction of sp³-hybridized carbons (Fsp3) is 0.174. The number of nitrogens with zero attached hydrogens (tertiary/aromatic N) is 3. The molecular formula is C23H20N4O3S2. The summed E-state index contributed by atoms with van der Waals surface area (Å²) in [6.45, 7) is 2.20. The van der Waals surface area contributed by atoms with Crippen molar-refractivity contribution in [2.24, 2.45) is 0 Å². The van der Waals surface area contributed by atoms with Crippen LogP contribution in [0.2, 0.25) is 0 Å². The average molecular weight is 465 g/mol. The molecule has 0 atom stereocenters. The third-order valence-corrected chi connectivity index (χ3v) is 6.74. The topological polar surface area (TPSA) is 94.1 Å². The number of aromatic nitrogens is 3. The van der Waals surface area contributed by atoms with Gasteiger partial charge in [-0.15, -0.1) is 11.3 Å². The maximum atomic E-state index is 12.8. The number of ether oxygens (including phenoxy) is 1. The highest BCUT2D eigenvalue weighted by molar-refractivity contribution is 8.00. The molecule has 0 fully saturated rings. The summed E-state index contributed by atoms with van der Waals surface area (Å²) < 4.78 is 5.31. The first-order valence-electron chi connectivity index (χ1n) is 9.79. The van der Waals surface area contributed by atoms with Gasteiger partial charge in [0.15, 0.2) is 5.78 Å². The lowest BCUT2D eigenvalue weighted by atomic mass is 10.2. The summed E-state index contributed by atoms with van der Waals surface area (Å²) in [5.41, 5.74) is 1.37. The van der Waals surface area contributed by atoms with Crippen LogP contribution in [0.4, 0.5) is 0 Å². The second kappa shape index (κ2) is 9.88. The van der Waals surface area contributed by atoms with Gasteiger partial charge in [-0.05, 0) is 49.4 Å². The van der Waals surface area contributed by atoms with Gasteiger partial charge in [-0.3, -0.25) is 14.6 Å². The van der Waals surface area contributed by atoms with Gasteiger partial charge in [0.2, 0.25) is 0 Å². The van der Waals surface area contributed by atoms with Gasteiger partial charge in [0.1, 0.15) is 16.6 Å². The number of aryl methyl sites for hydroxylation is 1. The number of carbonyl (C=O) groups excluding carboxylic acids is 2. The average Bonchev–Trinajstić information content (AvgIpc) is 3.30. The Morgan fingerprint density at radius 2 is 1.91 bits per heavy atom. The van der Waals surface area contributed by atoms with E-state index in [1.165, 1.54) is 23.1 Å². The Bertz CT molecular complexity index is 1270. The van der Waals surface area contributed by atoms with Crippen molar-refractivity contribution in [3.8, 4) is 5.75 Å². The third-order valence-electron chi connectivity index (χ3n) is 4.62. The van der Waals surface area contributed by atoms with Gasteiger partial charge in [-0.2, -0.15) is 0 Å². The van der Waals surface area contributed by atoms with Crippen molar-refractivity contribution in [3.63, 3.8) is 0 Å². The van der Waals surface area contributed by atoms with Crippen LogP contribution in [0.3, 0.4) is 0 Å². The van der Waals surface area contributed by atoms with Crippen LogP contribution in [0.25, 0.3) is 10.9 Å². The van der Waals surface area contributed by atoms with E-state index >= 15 is 0 Å². The number of methoxy groups -OCH3 is 1. The lowest BCUT2D eigenvalue weighted by Crippen LogP contribution is -2.22. The van der Waals surface area contributed by atoms with Crippen LogP contribution in [0.1, 0.15) is 30.7 Å². The summed E-state index contributed by atoms with van der Waals surface area (Å²) >= 11 is 2.77. The van der Waals surface area contributed by atoms with Gasteiger partial charge < -0.3 is 10.1 Å². The Morgan fingerprint density at radius 3 is 2.69 bits per heavy atom. The summed E-state index contributed by atoms with van der Waals surface area (Å²) in [4.78, 5) is 39.4. The molecule has 3 heterocycles. The molecule has 0 saturated carbocycles. The van der Waals surface area contributed by atoms with Crippen molar-refractivity contribution in [3.05, 3.63) is 76.0 Å². The first-order chi connectivity index (χ1) is 15.5. The first-order valence-corrected chi connectivity index (χ1v) is 11.6. The van der Waals surface area contributed by atoms with Gasteiger partial charge in [-0.25, -0.2) is 9.97 Å². The van der Waals surface area contributed by atoms with E-state index in [1.54, 1.807) is 37.7 Å². The van der Waals surface area contributed by atoms with Crippen molar-refractivity contribution >= 4 is 45.7 Å². The molecule has 0 radical (unpaired) electrons. The number of nitrogens with one attached hydrogen (secondary N) is 1. The Morgan fingerprint density at radius 1 is 1.09 bits per heavy atom. The molecule has 0 unspecified atom stereocenters. The van der Waals surface area contributed by atoms with Gasteiger partial charge in [-0.1, -0.05) is 11.8 Å². The highest BCUT2D eigenvalue weighted by Gasteiger charge is 2.14. The molecule has 4 rings (SSSR count). The second-order valence-corrected chi connectivity index (χ2v) is 8.99. The monoisotopic (exact) mass is 464 g/mol. The molecule has 3 aromatic heterocycles. The number of carbonyl (C=O) groups is 2. The SMILES string of the molecule is COc1ccc2nc(C)nc(SCC(=O)c3ccc(CNC(=O)c4ccncc4)s3)c2c1. The maximum absolute atomic E-state index is 12.8. The quantitative estimate of drug-likeness (QED) is 0.236. The third kappa shape index (κ3) is 5.12. The van der Waals surface area contributed by atoms with Crippen LogP contribution in [-0.2, 0) is 6.54 Å². The number of pyridine rings is 1. The number of benzene rings is 1. The van der Waals surface area contributed by atoms with Crippen molar-refractivity contribution in [1.82, 2.24) is 20.3 Å². The highest BCUT2D eigenvalue weighted by Crippen LogP contribution is 2.29. The van der Waals surface area contributed by atoms with E-state index < -0.39 is 0 Å². The molecule has 0 spiro atoms. The van der Waals surface area contributed by atoms with E-state index in [0.29, 0.717) is 22.8 Å². The highest BCUT2D eigenvalue weighted by atomic mass is 32.2. The van der Waals surface area contributed by atoms with E-state index in [1.807, 2.05) is 31.2 Å². The van der Waals surface area contributed by atoms with Gasteiger partial charge in [0.25, 0.3) is 5.91 Å².